The van der Waals surface area contributed by atoms with Gasteiger partial charge in [-0.2, -0.15) is 10.1 Å². The molecule has 0 spiro atoms. The van der Waals surface area contributed by atoms with Crippen molar-refractivity contribution in [1.82, 2.24) is 25.2 Å². The van der Waals surface area contributed by atoms with Crippen LogP contribution in [-0.4, -0.2) is 30.8 Å². The number of nitrogens with zero attached hydrogens (tertiary/aromatic N) is 5. The van der Waals surface area contributed by atoms with E-state index in [2.05, 4.69) is 20.6 Å². The van der Waals surface area contributed by atoms with Crippen LogP contribution in [0.2, 0.25) is 5.02 Å². The average molecular weight is 425 g/mol. The SMILES string of the molecule is O=C(NCc1nc(-c2cccc(Cl)c2)no1)c1ccn(-c2ccc([N+](=O)[O-])cc2)n1. The van der Waals surface area contributed by atoms with Crippen molar-refractivity contribution >= 4 is 23.2 Å². The Morgan fingerprint density at radius 3 is 2.73 bits per heavy atom. The van der Waals surface area contributed by atoms with E-state index in [0.29, 0.717) is 22.1 Å². The van der Waals surface area contributed by atoms with Crippen LogP contribution in [0.1, 0.15) is 16.4 Å². The number of amides is 1. The van der Waals surface area contributed by atoms with Crippen LogP contribution in [-0.2, 0) is 6.54 Å². The molecule has 1 amide bonds. The largest absolute Gasteiger partial charge is 0.342 e. The first kappa shape index (κ1) is 19.3. The van der Waals surface area contributed by atoms with Gasteiger partial charge in [-0.3, -0.25) is 14.9 Å². The zero-order chi connectivity index (χ0) is 21.1. The molecule has 4 rings (SSSR count). The average Bonchev–Trinajstić information content (AvgIpc) is 3.42. The molecule has 150 valence electrons. The van der Waals surface area contributed by atoms with Crippen LogP contribution < -0.4 is 5.32 Å². The molecule has 0 aliphatic carbocycles. The van der Waals surface area contributed by atoms with Crippen molar-refractivity contribution in [2.45, 2.75) is 6.54 Å². The first-order chi connectivity index (χ1) is 14.5. The number of benzene rings is 2. The Hall–Kier alpha value is -4.05. The summed E-state index contributed by atoms with van der Waals surface area (Å²) in [5, 5.41) is 22.0. The first-order valence-corrected chi connectivity index (χ1v) is 9.04. The van der Waals surface area contributed by atoms with Crippen molar-refractivity contribution in [3.63, 3.8) is 0 Å². The molecule has 2 aromatic heterocycles. The summed E-state index contributed by atoms with van der Waals surface area (Å²) in [5.41, 5.74) is 1.43. The Balaban J connectivity index is 1.40. The zero-order valence-electron chi connectivity index (χ0n) is 15.2. The van der Waals surface area contributed by atoms with Crippen LogP contribution in [0.4, 0.5) is 5.69 Å². The number of rotatable bonds is 6. The molecule has 0 atom stereocenters. The third-order valence-corrected chi connectivity index (χ3v) is 4.33. The first-order valence-electron chi connectivity index (χ1n) is 8.67. The summed E-state index contributed by atoms with van der Waals surface area (Å²) in [6.45, 7) is 0.0246. The summed E-state index contributed by atoms with van der Waals surface area (Å²) < 4.78 is 6.60. The Morgan fingerprint density at radius 1 is 1.20 bits per heavy atom. The van der Waals surface area contributed by atoms with E-state index < -0.39 is 10.8 Å². The number of carbonyl (C=O) groups excluding carboxylic acids is 1. The molecule has 0 saturated heterocycles. The highest BCUT2D eigenvalue weighted by Crippen LogP contribution is 2.20. The monoisotopic (exact) mass is 424 g/mol. The number of carbonyl (C=O) groups is 1. The molecule has 0 bridgehead atoms. The lowest BCUT2D eigenvalue weighted by atomic mass is 10.2. The number of nitrogens with one attached hydrogen (secondary N) is 1. The van der Waals surface area contributed by atoms with Crippen LogP contribution in [0, 0.1) is 10.1 Å². The smallest absolute Gasteiger partial charge is 0.272 e. The van der Waals surface area contributed by atoms with Gasteiger partial charge in [-0.1, -0.05) is 28.9 Å². The fraction of sp³-hybridized carbons (Fsp3) is 0.0526. The number of hydrogen-bond donors (Lipinski definition) is 1. The number of halogens is 1. The maximum Gasteiger partial charge on any atom is 0.272 e. The highest BCUT2D eigenvalue weighted by Gasteiger charge is 2.14. The van der Waals surface area contributed by atoms with Crippen molar-refractivity contribution in [3.05, 3.63) is 87.5 Å². The van der Waals surface area contributed by atoms with Gasteiger partial charge < -0.3 is 9.84 Å². The standard InChI is InChI=1S/C19H13ClN6O4/c20-13-3-1-2-12(10-13)18-22-17(30-24-18)11-21-19(27)16-8-9-25(23-16)14-4-6-15(7-5-14)26(28)29/h1-10H,11H2,(H,21,27). The van der Waals surface area contributed by atoms with Gasteiger partial charge in [-0.15, -0.1) is 0 Å². The molecule has 10 nitrogen and oxygen atoms in total. The molecule has 0 aliphatic heterocycles. The number of non-ortho nitro benzene ring substituents is 1. The van der Waals surface area contributed by atoms with Crippen molar-refractivity contribution in [2.24, 2.45) is 0 Å². The fourth-order valence-electron chi connectivity index (χ4n) is 2.63. The second-order valence-electron chi connectivity index (χ2n) is 6.12. The number of nitro groups is 1. The molecule has 0 fully saturated rings. The summed E-state index contributed by atoms with van der Waals surface area (Å²) in [4.78, 5) is 26.8. The summed E-state index contributed by atoms with van der Waals surface area (Å²) in [6.07, 6.45) is 1.58. The minimum absolute atomic E-state index is 0.0246. The van der Waals surface area contributed by atoms with Gasteiger partial charge in [-0.05, 0) is 30.3 Å². The van der Waals surface area contributed by atoms with Crippen LogP contribution >= 0.6 is 11.6 Å². The Morgan fingerprint density at radius 2 is 2.00 bits per heavy atom. The van der Waals surface area contributed by atoms with E-state index in [-0.39, 0.29) is 23.8 Å². The van der Waals surface area contributed by atoms with E-state index in [9.17, 15) is 14.9 Å². The molecule has 0 radical (unpaired) electrons. The van der Waals surface area contributed by atoms with Crippen LogP contribution in [0.15, 0.2) is 65.3 Å². The second kappa shape index (κ2) is 8.13. The molecule has 0 saturated carbocycles. The molecule has 30 heavy (non-hydrogen) atoms. The van der Waals surface area contributed by atoms with Crippen molar-refractivity contribution < 1.29 is 14.2 Å². The van der Waals surface area contributed by atoms with E-state index in [0.717, 1.165) is 0 Å². The lowest BCUT2D eigenvalue weighted by molar-refractivity contribution is -0.384. The second-order valence-corrected chi connectivity index (χ2v) is 6.56. The molecule has 1 N–H and O–H groups in total. The van der Waals surface area contributed by atoms with Gasteiger partial charge in [0.25, 0.3) is 11.6 Å². The van der Waals surface area contributed by atoms with Gasteiger partial charge in [-0.25, -0.2) is 4.68 Å². The lowest BCUT2D eigenvalue weighted by Crippen LogP contribution is -2.23. The maximum absolute atomic E-state index is 12.3. The third-order valence-electron chi connectivity index (χ3n) is 4.10. The molecular formula is C19H13ClN6O4. The Labute approximate surface area is 174 Å². The summed E-state index contributed by atoms with van der Waals surface area (Å²) >= 11 is 5.96. The fourth-order valence-corrected chi connectivity index (χ4v) is 2.82. The predicted octanol–water partition coefficient (Wildman–Crippen LogP) is 3.41. The Kier molecular flexibility index (Phi) is 5.22. The van der Waals surface area contributed by atoms with Crippen LogP contribution in [0.5, 0.6) is 0 Å². The number of aromatic nitrogens is 4. The summed E-state index contributed by atoms with van der Waals surface area (Å²) in [6, 6.07) is 14.4. The molecular weight excluding hydrogens is 412 g/mol. The normalized spacial score (nSPS) is 10.7. The van der Waals surface area contributed by atoms with E-state index >= 15 is 0 Å². The van der Waals surface area contributed by atoms with E-state index in [1.165, 1.54) is 22.9 Å². The van der Waals surface area contributed by atoms with E-state index in [4.69, 9.17) is 16.1 Å². The van der Waals surface area contributed by atoms with Gasteiger partial charge in [0, 0.05) is 28.9 Å². The Bertz CT molecular complexity index is 1220. The van der Waals surface area contributed by atoms with Crippen molar-refractivity contribution in [3.8, 4) is 17.1 Å². The van der Waals surface area contributed by atoms with Gasteiger partial charge in [0.1, 0.15) is 0 Å². The van der Waals surface area contributed by atoms with Gasteiger partial charge >= 0.3 is 0 Å². The molecule has 2 aromatic carbocycles. The molecule has 4 aromatic rings. The number of hydrogen-bond acceptors (Lipinski definition) is 7. The third kappa shape index (κ3) is 4.18. The van der Waals surface area contributed by atoms with Crippen molar-refractivity contribution in [1.29, 1.82) is 0 Å². The maximum atomic E-state index is 12.3. The topological polar surface area (TPSA) is 129 Å². The van der Waals surface area contributed by atoms with E-state index in [1.54, 1.807) is 42.6 Å². The molecule has 0 unspecified atom stereocenters. The summed E-state index contributed by atoms with van der Waals surface area (Å²) in [7, 11) is 0. The predicted molar refractivity (Wildman–Crippen MR) is 106 cm³/mol. The quantitative estimate of drug-likeness (QED) is 0.370. The van der Waals surface area contributed by atoms with Crippen LogP contribution in [0.3, 0.4) is 0 Å². The lowest BCUT2D eigenvalue weighted by Gasteiger charge is -2.01. The highest BCUT2D eigenvalue weighted by atomic mass is 35.5. The highest BCUT2D eigenvalue weighted by molar-refractivity contribution is 6.30. The van der Waals surface area contributed by atoms with Gasteiger partial charge in [0.05, 0.1) is 17.2 Å². The van der Waals surface area contributed by atoms with Gasteiger partial charge in [0.2, 0.25) is 11.7 Å². The minimum Gasteiger partial charge on any atom is -0.342 e. The number of nitro benzene ring substituents is 1. The van der Waals surface area contributed by atoms with Gasteiger partial charge in [0.15, 0.2) is 5.69 Å². The van der Waals surface area contributed by atoms with Crippen molar-refractivity contribution in [2.75, 3.05) is 0 Å². The van der Waals surface area contributed by atoms with E-state index in [1.807, 2.05) is 0 Å². The summed E-state index contributed by atoms with van der Waals surface area (Å²) in [5.74, 6) is 0.162. The zero-order valence-corrected chi connectivity index (χ0v) is 16.0. The minimum atomic E-state index is -0.485. The van der Waals surface area contributed by atoms with Crippen LogP contribution in [0.25, 0.3) is 17.1 Å². The molecule has 0 aliphatic rings. The molecule has 2 heterocycles. The molecule has 11 heteroatoms.